The fraction of sp³-hybridized carbons (Fsp3) is 0.222. The van der Waals surface area contributed by atoms with Crippen molar-refractivity contribution in [3.63, 3.8) is 0 Å². The van der Waals surface area contributed by atoms with Crippen LogP contribution in [-0.4, -0.2) is 36.8 Å². The van der Waals surface area contributed by atoms with Crippen molar-refractivity contribution in [1.29, 1.82) is 0 Å². The summed E-state index contributed by atoms with van der Waals surface area (Å²) in [5.41, 5.74) is 1.27. The second-order valence-corrected chi connectivity index (χ2v) is 6.25. The molecular formula is C18H16ClFN2O3. The number of halogens is 2. The molecule has 0 aromatic heterocycles. The fourth-order valence-corrected chi connectivity index (χ4v) is 2.82. The van der Waals surface area contributed by atoms with Crippen molar-refractivity contribution in [3.05, 3.63) is 58.4 Å². The number of hydrogen-bond donors (Lipinski definition) is 1. The number of Topliss-reactive ketones (excluding diaryl/α,β-unsaturated/α-hetero) is 1. The van der Waals surface area contributed by atoms with Crippen LogP contribution in [0.15, 0.2) is 36.4 Å². The third-order valence-electron chi connectivity index (χ3n) is 3.84. The van der Waals surface area contributed by atoms with E-state index in [0.717, 1.165) is 0 Å². The van der Waals surface area contributed by atoms with Crippen molar-refractivity contribution in [1.82, 2.24) is 4.90 Å². The molecule has 0 aliphatic carbocycles. The number of hydrogen-bond acceptors (Lipinski definition) is 4. The van der Waals surface area contributed by atoms with Gasteiger partial charge < -0.3 is 10.1 Å². The number of amides is 1. The molecule has 2 aromatic carbocycles. The van der Waals surface area contributed by atoms with Crippen molar-refractivity contribution in [3.8, 4) is 5.75 Å². The standard InChI is InChI=1S/C18H16ClFN2O3/c1-22(8-12-13(19)3-2-4-14(12)20)9-16(23)11-5-6-17-15(7-11)21-18(24)10-25-17/h2-7H,8-10H2,1H3,(H,21,24). The molecule has 25 heavy (non-hydrogen) atoms. The van der Waals surface area contributed by atoms with Crippen LogP contribution in [0.3, 0.4) is 0 Å². The molecule has 1 N–H and O–H groups in total. The van der Waals surface area contributed by atoms with Gasteiger partial charge in [-0.1, -0.05) is 17.7 Å². The maximum absolute atomic E-state index is 13.8. The topological polar surface area (TPSA) is 58.6 Å². The van der Waals surface area contributed by atoms with Crippen molar-refractivity contribution in [2.45, 2.75) is 6.54 Å². The summed E-state index contributed by atoms with van der Waals surface area (Å²) in [5, 5.41) is 2.99. The summed E-state index contributed by atoms with van der Waals surface area (Å²) < 4.78 is 19.1. The summed E-state index contributed by atoms with van der Waals surface area (Å²) in [6.07, 6.45) is 0. The summed E-state index contributed by atoms with van der Waals surface area (Å²) in [6.45, 7) is 0.257. The van der Waals surface area contributed by atoms with E-state index in [1.807, 2.05) is 0 Å². The highest BCUT2D eigenvalue weighted by Crippen LogP contribution is 2.28. The Morgan fingerprint density at radius 2 is 2.16 bits per heavy atom. The molecule has 5 nitrogen and oxygen atoms in total. The normalized spacial score (nSPS) is 13.2. The van der Waals surface area contributed by atoms with E-state index in [-0.39, 0.29) is 31.4 Å². The van der Waals surface area contributed by atoms with E-state index < -0.39 is 5.82 Å². The van der Waals surface area contributed by atoms with Gasteiger partial charge in [-0.15, -0.1) is 0 Å². The van der Waals surface area contributed by atoms with Crippen LogP contribution in [0.1, 0.15) is 15.9 Å². The van der Waals surface area contributed by atoms with E-state index in [9.17, 15) is 14.0 Å². The Bertz CT molecular complexity index is 821. The number of carbonyl (C=O) groups excluding carboxylic acids is 2. The lowest BCUT2D eigenvalue weighted by Crippen LogP contribution is -2.27. The molecule has 7 heteroatoms. The highest BCUT2D eigenvalue weighted by atomic mass is 35.5. The lowest BCUT2D eigenvalue weighted by Gasteiger charge is -2.20. The average molecular weight is 363 g/mol. The molecule has 1 aliphatic rings. The minimum absolute atomic E-state index is 0.0353. The van der Waals surface area contributed by atoms with Gasteiger partial charge in [-0.2, -0.15) is 0 Å². The fourth-order valence-electron chi connectivity index (χ4n) is 2.60. The highest BCUT2D eigenvalue weighted by molar-refractivity contribution is 6.31. The van der Waals surface area contributed by atoms with Gasteiger partial charge >= 0.3 is 0 Å². The van der Waals surface area contributed by atoms with E-state index >= 15 is 0 Å². The van der Waals surface area contributed by atoms with E-state index in [0.29, 0.717) is 27.6 Å². The summed E-state index contributed by atoms with van der Waals surface area (Å²) in [4.78, 5) is 25.5. The maximum atomic E-state index is 13.8. The number of fused-ring (bicyclic) bond motifs is 1. The Morgan fingerprint density at radius 3 is 2.92 bits per heavy atom. The predicted octanol–water partition coefficient (Wildman–Crippen LogP) is 3.12. The molecule has 0 bridgehead atoms. The van der Waals surface area contributed by atoms with Crippen LogP contribution in [0.2, 0.25) is 5.02 Å². The average Bonchev–Trinajstić information content (AvgIpc) is 2.57. The molecule has 130 valence electrons. The molecule has 1 heterocycles. The van der Waals surface area contributed by atoms with Crippen LogP contribution in [0.5, 0.6) is 5.75 Å². The maximum Gasteiger partial charge on any atom is 0.262 e. The van der Waals surface area contributed by atoms with Crippen molar-refractivity contribution in [2.75, 3.05) is 25.5 Å². The second kappa shape index (κ2) is 7.21. The van der Waals surface area contributed by atoms with Crippen molar-refractivity contribution < 1.29 is 18.7 Å². The smallest absolute Gasteiger partial charge is 0.262 e. The SMILES string of the molecule is CN(CC(=O)c1ccc2c(c1)NC(=O)CO2)Cc1c(F)cccc1Cl. The molecule has 1 aliphatic heterocycles. The van der Waals surface area contributed by atoms with Crippen LogP contribution in [-0.2, 0) is 11.3 Å². The molecule has 1 amide bonds. The van der Waals surface area contributed by atoms with Crippen molar-refractivity contribution >= 4 is 29.0 Å². The van der Waals surface area contributed by atoms with Gasteiger partial charge in [0.25, 0.3) is 5.91 Å². The van der Waals surface area contributed by atoms with Gasteiger partial charge in [-0.05, 0) is 37.4 Å². The zero-order valence-electron chi connectivity index (χ0n) is 13.5. The molecule has 0 atom stereocenters. The van der Waals surface area contributed by atoms with Gasteiger partial charge in [0.2, 0.25) is 0 Å². The number of anilines is 1. The summed E-state index contributed by atoms with van der Waals surface area (Å²) in [5.74, 6) is -0.288. The monoisotopic (exact) mass is 362 g/mol. The van der Waals surface area contributed by atoms with Crippen LogP contribution in [0.25, 0.3) is 0 Å². The van der Waals surface area contributed by atoms with Crippen LogP contribution < -0.4 is 10.1 Å². The quantitative estimate of drug-likeness (QED) is 0.830. The minimum Gasteiger partial charge on any atom is -0.482 e. The Kier molecular flexibility index (Phi) is 5.01. The molecule has 0 saturated heterocycles. The zero-order valence-corrected chi connectivity index (χ0v) is 14.3. The van der Waals surface area contributed by atoms with E-state index in [4.69, 9.17) is 16.3 Å². The first kappa shape index (κ1) is 17.4. The summed E-state index contributed by atoms with van der Waals surface area (Å²) >= 11 is 6.01. The van der Waals surface area contributed by atoms with Gasteiger partial charge in [-0.25, -0.2) is 4.39 Å². The number of nitrogens with one attached hydrogen (secondary N) is 1. The first-order valence-electron chi connectivity index (χ1n) is 7.65. The zero-order chi connectivity index (χ0) is 18.0. The lowest BCUT2D eigenvalue weighted by molar-refractivity contribution is -0.118. The molecule has 0 radical (unpaired) electrons. The van der Waals surface area contributed by atoms with Crippen LogP contribution >= 0.6 is 11.6 Å². The number of ketones is 1. The number of carbonyl (C=O) groups is 2. The largest absolute Gasteiger partial charge is 0.482 e. The summed E-state index contributed by atoms with van der Waals surface area (Å²) in [6, 6.07) is 9.36. The third kappa shape index (κ3) is 3.97. The molecule has 0 spiro atoms. The van der Waals surface area contributed by atoms with Gasteiger partial charge in [0, 0.05) is 22.7 Å². The molecule has 0 fully saturated rings. The predicted molar refractivity (Wildman–Crippen MR) is 92.6 cm³/mol. The van der Waals surface area contributed by atoms with Gasteiger partial charge in [-0.3, -0.25) is 14.5 Å². The second-order valence-electron chi connectivity index (χ2n) is 5.84. The van der Waals surface area contributed by atoms with E-state index in [1.54, 1.807) is 36.2 Å². The van der Waals surface area contributed by atoms with E-state index in [1.165, 1.54) is 12.1 Å². The Balaban J connectivity index is 1.70. The number of nitrogens with zero attached hydrogens (tertiary/aromatic N) is 1. The third-order valence-corrected chi connectivity index (χ3v) is 4.19. The Hall–Kier alpha value is -2.44. The number of ether oxygens (including phenoxy) is 1. The van der Waals surface area contributed by atoms with Crippen molar-refractivity contribution in [2.24, 2.45) is 0 Å². The molecule has 2 aromatic rings. The van der Waals surface area contributed by atoms with Gasteiger partial charge in [0.15, 0.2) is 12.4 Å². The van der Waals surface area contributed by atoms with Crippen LogP contribution in [0.4, 0.5) is 10.1 Å². The van der Waals surface area contributed by atoms with Gasteiger partial charge in [0.1, 0.15) is 11.6 Å². The van der Waals surface area contributed by atoms with Gasteiger partial charge in [0.05, 0.1) is 12.2 Å². The first-order chi connectivity index (χ1) is 11.9. The number of benzene rings is 2. The molecular weight excluding hydrogens is 347 g/mol. The van der Waals surface area contributed by atoms with E-state index in [2.05, 4.69) is 5.32 Å². The minimum atomic E-state index is -0.402. The highest BCUT2D eigenvalue weighted by Gasteiger charge is 2.19. The first-order valence-corrected chi connectivity index (χ1v) is 8.03. The Morgan fingerprint density at radius 1 is 1.36 bits per heavy atom. The van der Waals surface area contributed by atoms with Crippen LogP contribution in [0, 0.1) is 5.82 Å². The summed E-state index contributed by atoms with van der Waals surface area (Å²) in [7, 11) is 1.71. The lowest BCUT2D eigenvalue weighted by atomic mass is 10.1. The number of rotatable bonds is 5. The Labute approximate surface area is 149 Å². The molecule has 0 saturated carbocycles. The molecule has 0 unspecified atom stereocenters. The number of likely N-dealkylation sites (N-methyl/N-ethyl adjacent to an activating group) is 1. The molecule has 3 rings (SSSR count).